The monoisotopic (exact) mass is 362 g/mol. The summed E-state index contributed by atoms with van der Waals surface area (Å²) < 4.78 is 0. The van der Waals surface area contributed by atoms with Crippen molar-refractivity contribution in [2.45, 2.75) is 129 Å². The summed E-state index contributed by atoms with van der Waals surface area (Å²) in [5, 5.41) is 3.92. The summed E-state index contributed by atoms with van der Waals surface area (Å²) in [4.78, 5) is 2.93. The van der Waals surface area contributed by atoms with Crippen LogP contribution < -0.4 is 5.32 Å². The van der Waals surface area contributed by atoms with Gasteiger partial charge in [0.25, 0.3) is 0 Å². The molecule has 2 nitrogen and oxygen atoms in total. The SMILES string of the molecule is CC1CCCCCC(C)N(C2CC3CCCC(C3)C2)C(C)NCCCC1. The van der Waals surface area contributed by atoms with Gasteiger partial charge in [0, 0.05) is 12.1 Å². The molecule has 0 amide bonds. The molecule has 0 radical (unpaired) electrons. The summed E-state index contributed by atoms with van der Waals surface area (Å²) in [5.74, 6) is 2.99. The van der Waals surface area contributed by atoms with Crippen molar-refractivity contribution in [3.8, 4) is 0 Å². The number of rotatable bonds is 1. The molecule has 1 saturated heterocycles. The Kier molecular flexibility index (Phi) is 8.31. The third-order valence-electron chi connectivity index (χ3n) is 7.86. The summed E-state index contributed by atoms with van der Waals surface area (Å²) >= 11 is 0. The molecule has 2 bridgehead atoms. The number of hydrogen-bond acceptors (Lipinski definition) is 2. The maximum atomic E-state index is 3.92. The van der Waals surface area contributed by atoms with E-state index < -0.39 is 0 Å². The lowest BCUT2D eigenvalue weighted by Gasteiger charge is -2.48. The molecule has 3 rings (SSSR count). The van der Waals surface area contributed by atoms with Gasteiger partial charge in [-0.1, -0.05) is 64.7 Å². The minimum Gasteiger partial charge on any atom is -0.302 e. The molecule has 1 aliphatic heterocycles. The van der Waals surface area contributed by atoms with Gasteiger partial charge in [-0.25, -0.2) is 0 Å². The van der Waals surface area contributed by atoms with Crippen LogP contribution in [0.15, 0.2) is 0 Å². The molecule has 0 spiro atoms. The second-order valence-electron chi connectivity index (χ2n) is 10.2. The lowest BCUT2D eigenvalue weighted by molar-refractivity contribution is 0.00925. The zero-order valence-electron chi connectivity index (χ0n) is 18.0. The summed E-state index contributed by atoms with van der Waals surface area (Å²) in [6, 6.07) is 1.58. The molecule has 3 fully saturated rings. The van der Waals surface area contributed by atoms with Crippen molar-refractivity contribution in [1.29, 1.82) is 0 Å². The van der Waals surface area contributed by atoms with Gasteiger partial charge in [0.15, 0.2) is 0 Å². The van der Waals surface area contributed by atoms with E-state index in [0.717, 1.165) is 29.8 Å². The molecular weight excluding hydrogens is 316 g/mol. The first kappa shape index (κ1) is 20.6. The Labute approximate surface area is 163 Å². The molecule has 1 N–H and O–H groups in total. The minimum atomic E-state index is 0.550. The molecule has 0 aromatic carbocycles. The largest absolute Gasteiger partial charge is 0.302 e. The average Bonchev–Trinajstić information content (AvgIpc) is 2.60. The van der Waals surface area contributed by atoms with Gasteiger partial charge in [0.1, 0.15) is 0 Å². The van der Waals surface area contributed by atoms with E-state index in [4.69, 9.17) is 0 Å². The molecule has 2 heteroatoms. The molecular formula is C24H46N2. The molecule has 2 saturated carbocycles. The van der Waals surface area contributed by atoms with Gasteiger partial charge in [-0.2, -0.15) is 0 Å². The summed E-state index contributed by atoms with van der Waals surface area (Å²) in [6.45, 7) is 8.65. The molecule has 26 heavy (non-hydrogen) atoms. The van der Waals surface area contributed by atoms with Crippen LogP contribution in [-0.4, -0.2) is 29.7 Å². The van der Waals surface area contributed by atoms with E-state index in [2.05, 4.69) is 31.0 Å². The van der Waals surface area contributed by atoms with E-state index in [1.54, 1.807) is 6.42 Å². The molecule has 2 aliphatic carbocycles. The van der Waals surface area contributed by atoms with Crippen LogP contribution in [0.2, 0.25) is 0 Å². The van der Waals surface area contributed by atoms with Crippen LogP contribution in [-0.2, 0) is 0 Å². The number of fused-ring (bicyclic) bond motifs is 2. The predicted octanol–water partition coefficient (Wildman–Crippen LogP) is 6.35. The van der Waals surface area contributed by atoms with Gasteiger partial charge in [-0.3, -0.25) is 4.90 Å². The molecule has 152 valence electrons. The fourth-order valence-corrected chi connectivity index (χ4v) is 6.43. The molecule has 0 aromatic heterocycles. The van der Waals surface area contributed by atoms with Crippen molar-refractivity contribution in [2.24, 2.45) is 17.8 Å². The molecule has 1 heterocycles. The van der Waals surface area contributed by atoms with Gasteiger partial charge in [-0.05, 0) is 70.3 Å². The smallest absolute Gasteiger partial charge is 0.0573 e. The van der Waals surface area contributed by atoms with Crippen LogP contribution in [0.4, 0.5) is 0 Å². The van der Waals surface area contributed by atoms with Crippen molar-refractivity contribution < 1.29 is 0 Å². The Morgan fingerprint density at radius 1 is 0.654 bits per heavy atom. The highest BCUT2D eigenvalue weighted by Gasteiger charge is 2.37. The van der Waals surface area contributed by atoms with E-state index >= 15 is 0 Å². The molecule has 5 unspecified atom stereocenters. The fraction of sp³-hybridized carbons (Fsp3) is 1.00. The van der Waals surface area contributed by atoms with Gasteiger partial charge in [-0.15, -0.1) is 0 Å². The summed E-state index contributed by atoms with van der Waals surface area (Å²) in [6.07, 6.45) is 20.9. The molecule has 0 aromatic rings. The highest BCUT2D eigenvalue weighted by molar-refractivity contribution is 4.91. The summed E-state index contributed by atoms with van der Waals surface area (Å²) in [7, 11) is 0. The standard InChI is InChI=1S/C24H46N2/c1-19-10-5-4-6-12-20(2)26(21(3)25-15-8-7-11-19)24-17-22-13-9-14-23(16-22)18-24/h19-25H,4-18H2,1-3H3. The first-order valence-electron chi connectivity index (χ1n) is 12.1. The van der Waals surface area contributed by atoms with Gasteiger partial charge in [0.2, 0.25) is 0 Å². The fourth-order valence-electron chi connectivity index (χ4n) is 6.43. The topological polar surface area (TPSA) is 15.3 Å². The third-order valence-corrected chi connectivity index (χ3v) is 7.86. The maximum Gasteiger partial charge on any atom is 0.0573 e. The van der Waals surface area contributed by atoms with Crippen molar-refractivity contribution >= 4 is 0 Å². The average molecular weight is 363 g/mol. The number of nitrogens with one attached hydrogen (secondary N) is 1. The van der Waals surface area contributed by atoms with Crippen molar-refractivity contribution in [3.05, 3.63) is 0 Å². The Bertz CT molecular complexity index is 364. The summed E-state index contributed by atoms with van der Waals surface area (Å²) in [5.41, 5.74) is 0. The first-order valence-corrected chi connectivity index (χ1v) is 12.1. The van der Waals surface area contributed by atoms with E-state index in [9.17, 15) is 0 Å². The second kappa shape index (κ2) is 10.5. The van der Waals surface area contributed by atoms with E-state index in [1.165, 1.54) is 90.0 Å². The minimum absolute atomic E-state index is 0.550. The van der Waals surface area contributed by atoms with Gasteiger partial charge in [0.05, 0.1) is 6.17 Å². The zero-order valence-corrected chi connectivity index (χ0v) is 18.0. The van der Waals surface area contributed by atoms with E-state index in [0.29, 0.717) is 6.17 Å². The Hall–Kier alpha value is -0.0800. The highest BCUT2D eigenvalue weighted by atomic mass is 15.3. The van der Waals surface area contributed by atoms with Crippen molar-refractivity contribution in [1.82, 2.24) is 10.2 Å². The maximum absolute atomic E-state index is 3.92. The molecule has 3 aliphatic rings. The lowest BCUT2D eigenvalue weighted by Crippen LogP contribution is -2.55. The van der Waals surface area contributed by atoms with E-state index in [-0.39, 0.29) is 0 Å². The van der Waals surface area contributed by atoms with Crippen LogP contribution in [0.25, 0.3) is 0 Å². The Balaban J connectivity index is 1.62. The van der Waals surface area contributed by atoms with Crippen LogP contribution >= 0.6 is 0 Å². The van der Waals surface area contributed by atoms with Crippen molar-refractivity contribution in [2.75, 3.05) is 6.54 Å². The second-order valence-corrected chi connectivity index (χ2v) is 10.2. The first-order chi connectivity index (χ1) is 12.6. The van der Waals surface area contributed by atoms with Crippen molar-refractivity contribution in [3.63, 3.8) is 0 Å². The Morgan fingerprint density at radius 3 is 2.04 bits per heavy atom. The van der Waals surface area contributed by atoms with Crippen LogP contribution in [0.1, 0.15) is 111 Å². The Morgan fingerprint density at radius 2 is 1.31 bits per heavy atom. The number of hydrogen-bond donors (Lipinski definition) is 1. The lowest BCUT2D eigenvalue weighted by atomic mass is 9.70. The zero-order chi connectivity index (χ0) is 18.4. The highest BCUT2D eigenvalue weighted by Crippen LogP contribution is 2.42. The normalized spacial score (nSPS) is 42.1. The van der Waals surface area contributed by atoms with Crippen LogP contribution in [0.3, 0.4) is 0 Å². The van der Waals surface area contributed by atoms with Gasteiger partial charge < -0.3 is 5.32 Å². The van der Waals surface area contributed by atoms with Crippen LogP contribution in [0, 0.1) is 17.8 Å². The predicted molar refractivity (Wildman–Crippen MR) is 113 cm³/mol. The quantitative estimate of drug-likeness (QED) is 0.584. The number of nitrogens with zero attached hydrogens (tertiary/aromatic N) is 1. The molecule has 5 atom stereocenters. The third kappa shape index (κ3) is 5.96. The van der Waals surface area contributed by atoms with Crippen LogP contribution in [0.5, 0.6) is 0 Å². The van der Waals surface area contributed by atoms with E-state index in [1.807, 2.05) is 0 Å². The van der Waals surface area contributed by atoms with Gasteiger partial charge >= 0.3 is 0 Å².